The molecule has 0 unspecified atom stereocenters. The highest BCUT2D eigenvalue weighted by Gasteiger charge is 2.04. The van der Waals surface area contributed by atoms with Crippen molar-refractivity contribution in [1.82, 2.24) is 0 Å². The molecule has 0 saturated carbocycles. The van der Waals surface area contributed by atoms with Crippen LogP contribution in [0.25, 0.3) is 0 Å². The summed E-state index contributed by atoms with van der Waals surface area (Å²) >= 11 is 10.9. The lowest BCUT2D eigenvalue weighted by Gasteiger charge is -2.00. The van der Waals surface area contributed by atoms with Crippen LogP contribution in [-0.4, -0.2) is 16.8 Å². The zero-order chi connectivity index (χ0) is 9.84. The monoisotopic (exact) mass is 218 g/mol. The highest BCUT2D eigenvalue weighted by molar-refractivity contribution is 6.32. The molecular formula is C9H8Cl2O2. The first-order chi connectivity index (χ1) is 6.13. The smallest absolute Gasteiger partial charge is 0.151 e. The van der Waals surface area contributed by atoms with Crippen molar-refractivity contribution in [3.8, 4) is 5.75 Å². The van der Waals surface area contributed by atoms with E-state index in [1.165, 1.54) is 6.07 Å². The van der Waals surface area contributed by atoms with Crippen molar-refractivity contribution >= 4 is 29.0 Å². The van der Waals surface area contributed by atoms with E-state index in [0.29, 0.717) is 5.56 Å². The van der Waals surface area contributed by atoms with E-state index < -0.39 is 0 Å². The average Bonchev–Trinajstić information content (AvgIpc) is 2.11. The van der Waals surface area contributed by atoms with Crippen molar-refractivity contribution in [2.75, 3.05) is 5.88 Å². The van der Waals surface area contributed by atoms with E-state index in [2.05, 4.69) is 0 Å². The lowest BCUT2D eigenvalue weighted by atomic mass is 10.1. The number of aromatic hydroxyl groups is 1. The van der Waals surface area contributed by atoms with Crippen LogP contribution in [0.15, 0.2) is 18.2 Å². The fraction of sp³-hybridized carbons (Fsp3) is 0.222. The second kappa shape index (κ2) is 4.49. The van der Waals surface area contributed by atoms with Gasteiger partial charge in [0.1, 0.15) is 5.75 Å². The van der Waals surface area contributed by atoms with Gasteiger partial charge in [0, 0.05) is 6.42 Å². The predicted molar refractivity (Wildman–Crippen MR) is 52.5 cm³/mol. The molecule has 0 aliphatic heterocycles. The van der Waals surface area contributed by atoms with E-state index in [4.69, 9.17) is 23.2 Å². The maximum Gasteiger partial charge on any atom is 0.151 e. The Morgan fingerprint density at radius 3 is 2.69 bits per heavy atom. The number of Topliss-reactive ketones (excluding diaryl/α,β-unsaturated/α-hetero) is 1. The van der Waals surface area contributed by atoms with Gasteiger partial charge in [0.15, 0.2) is 5.78 Å². The van der Waals surface area contributed by atoms with Crippen LogP contribution < -0.4 is 0 Å². The maximum atomic E-state index is 10.9. The molecular weight excluding hydrogens is 211 g/mol. The van der Waals surface area contributed by atoms with Gasteiger partial charge in [0.05, 0.1) is 10.9 Å². The third-order valence-corrected chi connectivity index (χ3v) is 2.18. The Balaban J connectivity index is 2.79. The second-order valence-electron chi connectivity index (χ2n) is 2.63. The van der Waals surface area contributed by atoms with Crippen LogP contribution in [0.3, 0.4) is 0 Å². The molecule has 1 aromatic carbocycles. The van der Waals surface area contributed by atoms with Crippen LogP contribution in [0.1, 0.15) is 5.56 Å². The lowest BCUT2D eigenvalue weighted by Crippen LogP contribution is -2.03. The van der Waals surface area contributed by atoms with E-state index in [1.807, 2.05) is 0 Å². The zero-order valence-corrected chi connectivity index (χ0v) is 8.27. The lowest BCUT2D eigenvalue weighted by molar-refractivity contribution is -0.116. The van der Waals surface area contributed by atoms with Crippen LogP contribution in [0.2, 0.25) is 5.02 Å². The standard InChI is InChI=1S/C9H8Cl2O2/c10-5-7(12)3-6-1-2-8(11)9(13)4-6/h1-2,4,13H,3,5H2. The molecule has 0 heterocycles. The number of hydrogen-bond acceptors (Lipinski definition) is 2. The second-order valence-corrected chi connectivity index (χ2v) is 3.31. The largest absolute Gasteiger partial charge is 0.506 e. The number of phenolic OH excluding ortho intramolecular Hbond substituents is 1. The number of ketones is 1. The molecule has 0 aromatic heterocycles. The molecule has 0 radical (unpaired) electrons. The van der Waals surface area contributed by atoms with Crippen molar-refractivity contribution < 1.29 is 9.90 Å². The Labute approximate surface area is 86.1 Å². The first-order valence-electron chi connectivity index (χ1n) is 3.68. The van der Waals surface area contributed by atoms with Crippen LogP contribution in [0.4, 0.5) is 0 Å². The number of carbonyl (C=O) groups excluding carboxylic acids is 1. The summed E-state index contributed by atoms with van der Waals surface area (Å²) in [5.74, 6) is -0.103. The fourth-order valence-electron chi connectivity index (χ4n) is 0.943. The summed E-state index contributed by atoms with van der Waals surface area (Å²) in [6.07, 6.45) is 0.230. The number of hydrogen-bond donors (Lipinski definition) is 1. The molecule has 13 heavy (non-hydrogen) atoms. The normalized spacial score (nSPS) is 10.0. The van der Waals surface area contributed by atoms with Gasteiger partial charge in [-0.15, -0.1) is 11.6 Å². The topological polar surface area (TPSA) is 37.3 Å². The zero-order valence-electron chi connectivity index (χ0n) is 6.76. The van der Waals surface area contributed by atoms with Crippen LogP contribution in [0, 0.1) is 0 Å². The molecule has 4 heteroatoms. The van der Waals surface area contributed by atoms with Gasteiger partial charge in [-0.2, -0.15) is 0 Å². The van der Waals surface area contributed by atoms with Gasteiger partial charge >= 0.3 is 0 Å². The van der Waals surface area contributed by atoms with Crippen LogP contribution in [0.5, 0.6) is 5.75 Å². The van der Waals surface area contributed by atoms with E-state index in [0.717, 1.165) is 0 Å². The van der Waals surface area contributed by atoms with E-state index in [9.17, 15) is 9.90 Å². The molecule has 0 saturated heterocycles. The van der Waals surface area contributed by atoms with Crippen molar-refractivity contribution in [2.45, 2.75) is 6.42 Å². The van der Waals surface area contributed by atoms with Gasteiger partial charge in [-0.3, -0.25) is 4.79 Å². The number of phenols is 1. The maximum absolute atomic E-state index is 10.9. The summed E-state index contributed by atoms with van der Waals surface area (Å²) < 4.78 is 0. The highest BCUT2D eigenvalue weighted by atomic mass is 35.5. The van der Waals surface area contributed by atoms with Gasteiger partial charge in [0.2, 0.25) is 0 Å². The predicted octanol–water partition coefficient (Wildman–Crippen LogP) is 2.40. The molecule has 0 amide bonds. The number of halogens is 2. The quantitative estimate of drug-likeness (QED) is 0.792. The number of carbonyl (C=O) groups is 1. The Bertz CT molecular complexity index is 323. The summed E-state index contributed by atoms with van der Waals surface area (Å²) in [6, 6.07) is 4.70. The number of benzene rings is 1. The first-order valence-corrected chi connectivity index (χ1v) is 4.60. The van der Waals surface area contributed by atoms with Crippen LogP contribution >= 0.6 is 23.2 Å². The van der Waals surface area contributed by atoms with E-state index >= 15 is 0 Å². The molecule has 1 aromatic rings. The third-order valence-electron chi connectivity index (χ3n) is 1.56. The molecule has 0 spiro atoms. The molecule has 0 aliphatic rings. The van der Waals surface area contributed by atoms with Gasteiger partial charge in [-0.25, -0.2) is 0 Å². The number of alkyl halides is 1. The van der Waals surface area contributed by atoms with E-state index in [-0.39, 0.29) is 28.9 Å². The Kier molecular flexibility index (Phi) is 3.58. The van der Waals surface area contributed by atoms with Gasteiger partial charge in [-0.05, 0) is 17.7 Å². The van der Waals surface area contributed by atoms with Gasteiger partial charge in [-0.1, -0.05) is 17.7 Å². The minimum absolute atomic E-state index is 0.0105. The number of rotatable bonds is 3. The molecule has 1 rings (SSSR count). The van der Waals surface area contributed by atoms with E-state index in [1.54, 1.807) is 12.1 Å². The van der Waals surface area contributed by atoms with Crippen molar-refractivity contribution in [3.05, 3.63) is 28.8 Å². The molecule has 70 valence electrons. The molecule has 1 N–H and O–H groups in total. The first kappa shape index (κ1) is 10.4. The minimum atomic E-state index is -0.0802. The van der Waals surface area contributed by atoms with Crippen molar-refractivity contribution in [3.63, 3.8) is 0 Å². The van der Waals surface area contributed by atoms with Crippen molar-refractivity contribution in [2.24, 2.45) is 0 Å². The SMILES string of the molecule is O=C(CCl)Cc1ccc(Cl)c(O)c1. The van der Waals surface area contributed by atoms with Gasteiger partial charge < -0.3 is 5.11 Å². The Morgan fingerprint density at radius 2 is 2.15 bits per heavy atom. The summed E-state index contributed by atoms with van der Waals surface area (Å²) in [5.41, 5.74) is 0.715. The Hall–Kier alpha value is -0.730. The molecule has 2 nitrogen and oxygen atoms in total. The molecule has 0 fully saturated rings. The molecule has 0 aliphatic carbocycles. The minimum Gasteiger partial charge on any atom is -0.506 e. The summed E-state index contributed by atoms with van der Waals surface area (Å²) in [6.45, 7) is 0. The summed E-state index contributed by atoms with van der Waals surface area (Å²) in [4.78, 5) is 10.9. The van der Waals surface area contributed by atoms with Crippen LogP contribution in [-0.2, 0) is 11.2 Å². The van der Waals surface area contributed by atoms with Crippen molar-refractivity contribution in [1.29, 1.82) is 0 Å². The molecule has 0 atom stereocenters. The fourth-order valence-corrected chi connectivity index (χ4v) is 1.16. The Morgan fingerprint density at radius 1 is 1.46 bits per heavy atom. The molecule has 0 bridgehead atoms. The summed E-state index contributed by atoms with van der Waals surface area (Å²) in [7, 11) is 0. The highest BCUT2D eigenvalue weighted by Crippen LogP contribution is 2.23. The summed E-state index contributed by atoms with van der Waals surface area (Å²) in [5, 5.41) is 9.49. The van der Waals surface area contributed by atoms with Gasteiger partial charge in [0.25, 0.3) is 0 Å². The average molecular weight is 219 g/mol. The third kappa shape index (κ3) is 2.90.